The van der Waals surface area contributed by atoms with Gasteiger partial charge in [0, 0.05) is 33.5 Å². The van der Waals surface area contributed by atoms with Crippen LogP contribution in [0.1, 0.15) is 89.0 Å². The van der Waals surface area contributed by atoms with Crippen LogP contribution in [0.5, 0.6) is 0 Å². The van der Waals surface area contributed by atoms with Crippen molar-refractivity contribution in [2.45, 2.75) is 27.1 Å². The molecule has 0 spiro atoms. The van der Waals surface area contributed by atoms with E-state index in [2.05, 4.69) is 448 Å². The summed E-state index contributed by atoms with van der Waals surface area (Å²) < 4.78 is 0. The minimum Gasteiger partial charge on any atom is -0.392 e. The number of benzene rings is 16. The van der Waals surface area contributed by atoms with Gasteiger partial charge in [-0.15, -0.1) is 0 Å². The molecule has 0 radical (unpaired) electrons. The molecule has 0 aliphatic heterocycles. The Balaban J connectivity index is 0.000000177. The van der Waals surface area contributed by atoms with Crippen molar-refractivity contribution in [3.8, 4) is 0 Å². The maximum absolute atomic E-state index is 9.87. The van der Waals surface area contributed by atoms with Gasteiger partial charge in [-0.05, 0) is 198 Å². The molecule has 4 nitrogen and oxygen atoms in total. The van der Waals surface area contributed by atoms with Gasteiger partial charge < -0.3 is 20.0 Å². The molecule has 540 valence electrons. The van der Waals surface area contributed by atoms with Crippen LogP contribution in [0.25, 0.3) is 68.1 Å². The molecule has 112 heavy (non-hydrogen) atoms. The molecule has 0 heterocycles. The van der Waals surface area contributed by atoms with Gasteiger partial charge in [0.1, 0.15) is 0 Å². The van der Waals surface area contributed by atoms with E-state index in [4.69, 9.17) is 0 Å². The zero-order valence-corrected chi connectivity index (χ0v) is 62.9. The van der Waals surface area contributed by atoms with Crippen LogP contribution in [0.4, 0.5) is 34.1 Å². The quantitative estimate of drug-likeness (QED) is 0.0524. The highest BCUT2D eigenvalue weighted by atomic mass is 16.3. The number of aryl methyl sites for hydroxylation is 2. The fourth-order valence-corrected chi connectivity index (χ4v) is 14.5. The van der Waals surface area contributed by atoms with Gasteiger partial charge in [0.25, 0.3) is 0 Å². The molecule has 0 amide bonds. The minimum absolute atomic E-state index is 0.000420. The van der Waals surface area contributed by atoms with Crippen molar-refractivity contribution in [2.24, 2.45) is 0 Å². The maximum Gasteiger partial charge on any atom is 0.0681 e. The number of aliphatic hydroxyl groups is 2. The first-order valence-corrected chi connectivity index (χ1v) is 38.2. The number of fused-ring (bicyclic) bond motifs is 2. The first kappa shape index (κ1) is 73.5. The van der Waals surface area contributed by atoms with Crippen LogP contribution in [0.15, 0.2) is 425 Å². The molecule has 16 aromatic carbocycles. The van der Waals surface area contributed by atoms with E-state index in [0.717, 1.165) is 83.7 Å². The minimum atomic E-state index is 0.000420. The highest BCUT2D eigenvalue weighted by molar-refractivity contribution is 6.05. The number of allylic oxidation sites excluding steroid dienone is 4. The van der Waals surface area contributed by atoms with Crippen molar-refractivity contribution in [1.82, 2.24) is 0 Å². The molecule has 0 aliphatic rings. The lowest BCUT2D eigenvalue weighted by Gasteiger charge is -2.27. The second-order valence-electron chi connectivity index (χ2n) is 27.9. The normalized spacial score (nSPS) is 11.0. The average Bonchev–Trinajstić information content (AvgIpc) is 0.771. The first-order chi connectivity index (χ1) is 55.3. The summed E-state index contributed by atoms with van der Waals surface area (Å²) in [6, 6.07) is 141. The molecule has 0 unspecified atom stereocenters. The molecule has 0 saturated carbocycles. The molecule has 0 bridgehead atoms. The standard InChI is InChI=1S/C55H45NO.C53H41NO/c1-40-20-28-47(29-21-40)51(48-30-22-41(2)23-31-48)19-11-16-46-32-37-55(53-18-10-9-17-52(46)53)56(50-35-26-43(39-57)27-36-50)49-33-24-42(25-34-49)38-54(44-12-5-3-6-13-44)45-14-7-4-8-15-45;55-39-41-30-35-48(36-31-41)54(47-33-28-40(29-34-47)38-52(44-20-9-3-10-21-44)45-22-11-4-12-23-45)53-37-32-46(50-25-13-14-26-51(50)53)24-15-27-49(42-16-5-1-6-17-42)43-18-7-2-8-19-43/h3-38,57H,39H2,1-2H3;1-38,55H,39H2/b16-11+;24-15+. The van der Waals surface area contributed by atoms with Gasteiger partial charge in [0.15, 0.2) is 0 Å². The van der Waals surface area contributed by atoms with E-state index in [1.54, 1.807) is 0 Å². The Labute approximate surface area is 658 Å². The third-order valence-corrected chi connectivity index (χ3v) is 20.3. The third-order valence-electron chi connectivity index (χ3n) is 20.3. The second-order valence-corrected chi connectivity index (χ2v) is 27.9. The van der Waals surface area contributed by atoms with Gasteiger partial charge in [0.2, 0.25) is 0 Å². The van der Waals surface area contributed by atoms with Gasteiger partial charge in [-0.1, -0.05) is 387 Å². The van der Waals surface area contributed by atoms with E-state index >= 15 is 0 Å². The summed E-state index contributed by atoms with van der Waals surface area (Å²) >= 11 is 0. The van der Waals surface area contributed by atoms with Crippen molar-refractivity contribution >= 4 is 102 Å². The van der Waals surface area contributed by atoms with E-state index in [1.807, 2.05) is 24.3 Å². The van der Waals surface area contributed by atoms with Crippen molar-refractivity contribution in [3.05, 3.63) is 514 Å². The lowest BCUT2D eigenvalue weighted by Crippen LogP contribution is -2.10. The number of aliphatic hydroxyl groups excluding tert-OH is 2. The average molecular weight is 1440 g/mol. The Bertz CT molecular complexity index is 5820. The maximum atomic E-state index is 9.87. The molecular weight excluding hydrogens is 1360 g/mol. The summed E-state index contributed by atoms with van der Waals surface area (Å²) in [5.74, 6) is 0. The highest BCUT2D eigenvalue weighted by Gasteiger charge is 2.20. The summed E-state index contributed by atoms with van der Waals surface area (Å²) in [5, 5.41) is 24.3. The summed E-state index contributed by atoms with van der Waals surface area (Å²) in [5.41, 5.74) is 29.2. The Morgan fingerprint density at radius 2 is 0.491 bits per heavy atom. The van der Waals surface area contributed by atoms with Gasteiger partial charge in [-0.2, -0.15) is 0 Å². The predicted molar refractivity (Wildman–Crippen MR) is 476 cm³/mol. The van der Waals surface area contributed by atoms with Crippen molar-refractivity contribution in [3.63, 3.8) is 0 Å². The number of anilines is 6. The molecule has 0 saturated heterocycles. The summed E-state index contributed by atoms with van der Waals surface area (Å²) in [4.78, 5) is 4.62. The van der Waals surface area contributed by atoms with Crippen LogP contribution in [0, 0.1) is 13.8 Å². The zero-order valence-electron chi connectivity index (χ0n) is 62.9. The second kappa shape index (κ2) is 35.8. The lowest BCUT2D eigenvalue weighted by molar-refractivity contribution is 0.281. The Kier molecular flexibility index (Phi) is 23.5. The largest absolute Gasteiger partial charge is 0.392 e. The van der Waals surface area contributed by atoms with Crippen molar-refractivity contribution in [1.29, 1.82) is 0 Å². The third kappa shape index (κ3) is 17.6. The van der Waals surface area contributed by atoms with Crippen LogP contribution in [0.2, 0.25) is 0 Å². The fourth-order valence-electron chi connectivity index (χ4n) is 14.5. The zero-order chi connectivity index (χ0) is 76.2. The first-order valence-electron chi connectivity index (χ1n) is 38.2. The topological polar surface area (TPSA) is 46.9 Å². The molecule has 0 fully saturated rings. The highest BCUT2D eigenvalue weighted by Crippen LogP contribution is 2.44. The molecule has 0 aromatic heterocycles. The smallest absolute Gasteiger partial charge is 0.0681 e. The summed E-state index contributed by atoms with van der Waals surface area (Å²) in [7, 11) is 0. The number of hydrogen-bond donors (Lipinski definition) is 2. The Morgan fingerprint density at radius 3 is 0.777 bits per heavy atom. The van der Waals surface area contributed by atoms with Crippen LogP contribution < -0.4 is 9.80 Å². The molecule has 16 aromatic rings. The molecule has 2 N–H and O–H groups in total. The van der Waals surface area contributed by atoms with Crippen LogP contribution in [-0.2, 0) is 13.2 Å². The fraction of sp³-hybridized carbons (Fsp3) is 0.0370. The number of nitrogens with zero attached hydrogens (tertiary/aromatic N) is 2. The molecule has 0 atom stereocenters. The van der Waals surface area contributed by atoms with Crippen molar-refractivity contribution < 1.29 is 10.2 Å². The van der Waals surface area contributed by atoms with Crippen LogP contribution in [-0.4, -0.2) is 10.2 Å². The van der Waals surface area contributed by atoms with Crippen molar-refractivity contribution in [2.75, 3.05) is 9.80 Å². The van der Waals surface area contributed by atoms with Gasteiger partial charge in [-0.3, -0.25) is 0 Å². The van der Waals surface area contributed by atoms with Gasteiger partial charge >= 0.3 is 0 Å². The summed E-state index contributed by atoms with van der Waals surface area (Å²) in [6.07, 6.45) is 17.7. The van der Waals surface area contributed by atoms with Gasteiger partial charge in [-0.25, -0.2) is 0 Å². The number of hydrogen-bond acceptors (Lipinski definition) is 4. The molecular formula is C108H86N2O2. The molecule has 0 aliphatic carbocycles. The predicted octanol–water partition coefficient (Wildman–Crippen LogP) is 27.7. The van der Waals surface area contributed by atoms with E-state index < -0.39 is 0 Å². The molecule has 4 heteroatoms. The van der Waals surface area contributed by atoms with Gasteiger partial charge in [0.05, 0.1) is 24.6 Å². The molecule has 16 rings (SSSR count). The monoisotopic (exact) mass is 1440 g/mol. The van der Waals surface area contributed by atoms with E-state index in [9.17, 15) is 10.2 Å². The Hall–Kier alpha value is -14.0. The summed E-state index contributed by atoms with van der Waals surface area (Å²) in [6.45, 7) is 4.25. The lowest BCUT2D eigenvalue weighted by atomic mass is 9.95. The van der Waals surface area contributed by atoms with E-state index in [-0.39, 0.29) is 13.2 Å². The SMILES string of the molecule is Cc1ccc(C(=C/C=C/c2ccc(N(c3ccc(C=C(c4ccccc4)c4ccccc4)cc3)c3ccc(CO)cc3)c3ccccc23)c2ccc(C)cc2)cc1.OCc1ccc(N(c2ccc(C=C(c3ccccc3)c3ccccc3)cc2)c2ccc(/C=C/C=C(c3ccccc3)c3ccccc3)c3ccccc23)cc1. The Morgan fingerprint density at radius 1 is 0.241 bits per heavy atom. The van der Waals surface area contributed by atoms with Crippen LogP contribution >= 0.6 is 0 Å². The van der Waals surface area contributed by atoms with E-state index in [0.29, 0.717) is 0 Å². The number of rotatable bonds is 22. The van der Waals surface area contributed by atoms with Crippen LogP contribution in [0.3, 0.4) is 0 Å². The van der Waals surface area contributed by atoms with E-state index in [1.165, 1.54) is 83.3 Å².